The number of nitrogens with zero attached hydrogens (tertiary/aromatic N) is 4. The second-order valence-corrected chi connectivity index (χ2v) is 18.7. The first-order valence-corrected chi connectivity index (χ1v) is 24.1. The van der Waals surface area contributed by atoms with Crippen molar-refractivity contribution >= 4 is 114 Å². The van der Waals surface area contributed by atoms with Crippen LogP contribution in [0.2, 0.25) is 0 Å². The van der Waals surface area contributed by atoms with E-state index in [-0.39, 0.29) is 13.4 Å². The largest absolute Gasteiger partial charge is 0.311 e. The van der Waals surface area contributed by atoms with Crippen LogP contribution in [-0.4, -0.2) is 13.4 Å². The number of rotatable bonds is 7. The lowest BCUT2D eigenvalue weighted by Gasteiger charge is -2.46. The molecule has 0 bridgehead atoms. The van der Waals surface area contributed by atoms with Crippen LogP contribution in [0.3, 0.4) is 0 Å². The second-order valence-electron chi connectivity index (χ2n) is 18.7. The zero-order valence-corrected chi connectivity index (χ0v) is 39.0. The highest BCUT2D eigenvalue weighted by molar-refractivity contribution is 7.02. The van der Waals surface area contributed by atoms with Crippen molar-refractivity contribution in [1.82, 2.24) is 0 Å². The van der Waals surface area contributed by atoms with Crippen LogP contribution in [0.15, 0.2) is 237 Å². The molecule has 0 aliphatic carbocycles. The van der Waals surface area contributed by atoms with Crippen molar-refractivity contribution in [1.29, 1.82) is 0 Å². The molecular formula is C63H48B2N4. The van der Waals surface area contributed by atoms with Crippen LogP contribution in [0.4, 0.5) is 68.2 Å². The molecule has 0 spiro atoms. The van der Waals surface area contributed by atoms with E-state index in [0.717, 1.165) is 45.5 Å². The Kier molecular flexibility index (Phi) is 9.69. The molecule has 13 rings (SSSR count). The Morgan fingerprint density at radius 3 is 1.10 bits per heavy atom. The molecule has 0 radical (unpaired) electrons. The van der Waals surface area contributed by atoms with Gasteiger partial charge in [0.05, 0.1) is 5.69 Å². The Bertz CT molecular complexity index is 3510. The van der Waals surface area contributed by atoms with Gasteiger partial charge in [0, 0.05) is 62.6 Å². The first kappa shape index (κ1) is 40.8. The third-order valence-electron chi connectivity index (χ3n) is 14.5. The first-order chi connectivity index (χ1) is 34.0. The lowest BCUT2D eigenvalue weighted by atomic mass is 9.30. The molecule has 0 saturated heterocycles. The van der Waals surface area contributed by atoms with Crippen LogP contribution < -0.4 is 52.4 Å². The number of hydrogen-bond acceptors (Lipinski definition) is 4. The highest BCUT2D eigenvalue weighted by Crippen LogP contribution is 2.49. The number of para-hydroxylation sites is 7. The summed E-state index contributed by atoms with van der Waals surface area (Å²) >= 11 is 0. The Labute approximate surface area is 406 Å². The highest BCUT2D eigenvalue weighted by atomic mass is 15.2. The normalized spacial score (nSPS) is 13.0. The molecule has 0 unspecified atom stereocenters. The van der Waals surface area contributed by atoms with Crippen LogP contribution in [0.5, 0.6) is 0 Å². The van der Waals surface area contributed by atoms with Crippen LogP contribution in [-0.2, 0) is 0 Å². The predicted octanol–water partition coefficient (Wildman–Crippen LogP) is 12.5. The SMILES string of the molecule is Cc1cc(C)c(B2c3ccccc3N(c3ccccc3)c3cc4c(cc32)B2c3ccccc3N(c3ccccc3)c3cc(N(c5ccccc5)c5ccccc5)cc(c32)N4c2ccccc2)c(C)c1. The third-order valence-corrected chi connectivity index (χ3v) is 14.5. The lowest BCUT2D eigenvalue weighted by molar-refractivity contribution is 1.22. The maximum absolute atomic E-state index is 2.61. The fourth-order valence-electron chi connectivity index (χ4n) is 11.9. The molecule has 3 aliphatic rings. The van der Waals surface area contributed by atoms with Gasteiger partial charge in [0.2, 0.25) is 6.71 Å². The van der Waals surface area contributed by atoms with E-state index in [1.165, 1.54) is 72.2 Å². The van der Waals surface area contributed by atoms with Gasteiger partial charge in [-0.2, -0.15) is 0 Å². The Balaban J connectivity index is 1.17. The predicted molar refractivity (Wildman–Crippen MR) is 295 cm³/mol. The summed E-state index contributed by atoms with van der Waals surface area (Å²) in [6.45, 7) is 6.75. The molecular weight excluding hydrogens is 834 g/mol. The number of benzene rings is 10. The Morgan fingerprint density at radius 2 is 0.652 bits per heavy atom. The molecule has 69 heavy (non-hydrogen) atoms. The molecule has 3 heterocycles. The van der Waals surface area contributed by atoms with Crippen molar-refractivity contribution in [2.24, 2.45) is 0 Å². The van der Waals surface area contributed by atoms with Crippen molar-refractivity contribution in [3.05, 3.63) is 253 Å². The van der Waals surface area contributed by atoms with E-state index in [1.54, 1.807) is 0 Å². The maximum Gasteiger partial charge on any atom is 0.252 e. The van der Waals surface area contributed by atoms with Crippen molar-refractivity contribution in [2.45, 2.75) is 20.8 Å². The minimum Gasteiger partial charge on any atom is -0.311 e. The molecule has 0 amide bonds. The van der Waals surface area contributed by atoms with Gasteiger partial charge in [0.15, 0.2) is 0 Å². The summed E-state index contributed by atoms with van der Waals surface area (Å²) in [5.74, 6) is 0. The molecule has 10 aromatic rings. The van der Waals surface area contributed by atoms with E-state index in [9.17, 15) is 0 Å². The number of anilines is 12. The summed E-state index contributed by atoms with van der Waals surface area (Å²) in [7, 11) is 0. The van der Waals surface area contributed by atoms with Gasteiger partial charge in [-0.1, -0.05) is 168 Å². The van der Waals surface area contributed by atoms with Crippen LogP contribution in [0.1, 0.15) is 16.7 Å². The molecule has 0 atom stereocenters. The van der Waals surface area contributed by atoms with Gasteiger partial charge in [-0.3, -0.25) is 0 Å². The molecule has 6 heteroatoms. The topological polar surface area (TPSA) is 13.0 Å². The summed E-state index contributed by atoms with van der Waals surface area (Å²) in [6, 6.07) is 87.4. The average molecular weight is 883 g/mol. The molecule has 0 fully saturated rings. The van der Waals surface area contributed by atoms with E-state index < -0.39 is 0 Å². The van der Waals surface area contributed by atoms with Gasteiger partial charge in [-0.05, 0) is 139 Å². The van der Waals surface area contributed by atoms with E-state index in [1.807, 2.05) is 0 Å². The quantitative estimate of drug-likeness (QED) is 0.148. The lowest BCUT2D eigenvalue weighted by Crippen LogP contribution is -2.64. The zero-order chi connectivity index (χ0) is 46.2. The highest BCUT2D eigenvalue weighted by Gasteiger charge is 2.46. The van der Waals surface area contributed by atoms with Crippen molar-refractivity contribution < 1.29 is 0 Å². The van der Waals surface area contributed by atoms with Gasteiger partial charge in [-0.15, -0.1) is 0 Å². The molecule has 3 aliphatic heterocycles. The van der Waals surface area contributed by atoms with Crippen molar-refractivity contribution in [3.63, 3.8) is 0 Å². The fourth-order valence-corrected chi connectivity index (χ4v) is 11.9. The first-order valence-electron chi connectivity index (χ1n) is 24.1. The van der Waals surface area contributed by atoms with Gasteiger partial charge in [0.25, 0.3) is 6.71 Å². The monoisotopic (exact) mass is 882 g/mol. The Morgan fingerprint density at radius 1 is 0.290 bits per heavy atom. The van der Waals surface area contributed by atoms with Crippen molar-refractivity contribution in [3.8, 4) is 0 Å². The number of hydrogen-bond donors (Lipinski definition) is 0. The summed E-state index contributed by atoms with van der Waals surface area (Å²) in [6.07, 6.45) is 0. The van der Waals surface area contributed by atoms with Crippen LogP contribution in [0.25, 0.3) is 0 Å². The molecule has 0 aromatic heterocycles. The second kappa shape index (κ2) is 16.4. The van der Waals surface area contributed by atoms with Crippen molar-refractivity contribution in [2.75, 3.05) is 19.6 Å². The standard InChI is InChI=1S/C63H48B2N4/c1-43-37-44(2)62(45(3)38-43)64-52-33-19-21-35-56(52)67(48-27-13-6-14-28-48)58-42-59-55(41-54(58)64)65-53-34-20-22-36-57(53)68(49-29-15-7-16-30-49)60-39-51(40-61(63(60)65)69(59)50-31-17-8-18-32-50)66(46-23-9-4-10-24-46)47-25-11-5-12-26-47/h4-42H,1-3H3. The smallest absolute Gasteiger partial charge is 0.252 e. The summed E-state index contributed by atoms with van der Waals surface area (Å²) < 4.78 is 0. The van der Waals surface area contributed by atoms with E-state index >= 15 is 0 Å². The fraction of sp³-hybridized carbons (Fsp3) is 0.0476. The minimum atomic E-state index is -0.0782. The Hall–Kier alpha value is -8.47. The van der Waals surface area contributed by atoms with Gasteiger partial charge in [-0.25, -0.2) is 0 Å². The number of fused-ring (bicyclic) bond motifs is 6. The van der Waals surface area contributed by atoms with E-state index in [2.05, 4.69) is 277 Å². The summed E-state index contributed by atoms with van der Waals surface area (Å²) in [5.41, 5.74) is 25.5. The molecule has 10 aromatic carbocycles. The minimum absolute atomic E-state index is 0.000403. The van der Waals surface area contributed by atoms with Crippen LogP contribution in [0, 0.1) is 20.8 Å². The molecule has 0 saturated carbocycles. The van der Waals surface area contributed by atoms with E-state index in [0.29, 0.717) is 0 Å². The van der Waals surface area contributed by atoms with Gasteiger partial charge in [0.1, 0.15) is 0 Å². The molecule has 0 N–H and O–H groups in total. The maximum atomic E-state index is 2.61. The average Bonchev–Trinajstić information content (AvgIpc) is 3.39. The van der Waals surface area contributed by atoms with Gasteiger partial charge < -0.3 is 19.6 Å². The summed E-state index contributed by atoms with van der Waals surface area (Å²) in [5, 5.41) is 0. The third kappa shape index (κ3) is 6.54. The molecule has 4 nitrogen and oxygen atoms in total. The van der Waals surface area contributed by atoms with Gasteiger partial charge >= 0.3 is 0 Å². The van der Waals surface area contributed by atoms with Crippen LogP contribution >= 0.6 is 0 Å². The zero-order valence-electron chi connectivity index (χ0n) is 39.0. The summed E-state index contributed by atoms with van der Waals surface area (Å²) in [4.78, 5) is 9.98. The number of aryl methyl sites for hydroxylation is 3. The van der Waals surface area contributed by atoms with E-state index in [4.69, 9.17) is 0 Å². The molecule has 326 valence electrons.